The monoisotopic (exact) mass is 336 g/mol. The van der Waals surface area contributed by atoms with Crippen molar-refractivity contribution in [3.05, 3.63) is 27.7 Å². The second-order valence-electron chi connectivity index (χ2n) is 5.04. The molecule has 1 aromatic rings. The Labute approximate surface area is 129 Å². The first-order valence-corrected chi connectivity index (χ1v) is 8.73. The zero-order chi connectivity index (χ0) is 14.9. The van der Waals surface area contributed by atoms with Crippen LogP contribution in [-0.4, -0.2) is 25.8 Å². The average Bonchev–Trinajstić information content (AvgIpc) is 2.93. The molecule has 20 heavy (non-hydrogen) atoms. The van der Waals surface area contributed by atoms with Crippen LogP contribution in [0.25, 0.3) is 0 Å². The molecule has 2 N–H and O–H groups in total. The number of hydrogen-bond donors (Lipinski definition) is 1. The van der Waals surface area contributed by atoms with Gasteiger partial charge in [0.2, 0.25) is 10.0 Å². The smallest absolute Gasteiger partial charge is 0.244 e. The van der Waals surface area contributed by atoms with E-state index >= 15 is 0 Å². The molecule has 4 nitrogen and oxygen atoms in total. The van der Waals surface area contributed by atoms with Crippen LogP contribution in [0, 0.1) is 0 Å². The molecule has 0 amide bonds. The van der Waals surface area contributed by atoms with E-state index in [1.54, 1.807) is 13.1 Å². The lowest BCUT2D eigenvalue weighted by Crippen LogP contribution is -2.35. The minimum atomic E-state index is -3.65. The largest absolute Gasteiger partial charge is 0.326 e. The van der Waals surface area contributed by atoms with Crippen molar-refractivity contribution < 1.29 is 8.42 Å². The quantitative estimate of drug-likeness (QED) is 0.919. The summed E-state index contributed by atoms with van der Waals surface area (Å²) in [6.07, 6.45) is 3.89. The summed E-state index contributed by atoms with van der Waals surface area (Å²) in [5, 5.41) is 0.495. The fourth-order valence-corrected chi connectivity index (χ4v) is 4.91. The molecule has 0 atom stereocenters. The third-order valence-electron chi connectivity index (χ3n) is 3.80. The molecule has 1 saturated carbocycles. The molecule has 0 unspecified atom stereocenters. The van der Waals surface area contributed by atoms with Crippen LogP contribution in [0.15, 0.2) is 17.0 Å². The average molecular weight is 337 g/mol. The van der Waals surface area contributed by atoms with Gasteiger partial charge in [0.1, 0.15) is 4.90 Å². The van der Waals surface area contributed by atoms with E-state index in [-0.39, 0.29) is 22.5 Å². The van der Waals surface area contributed by atoms with Crippen molar-refractivity contribution in [3.63, 3.8) is 0 Å². The molecule has 112 valence electrons. The molecule has 0 aromatic heterocycles. The molecule has 0 saturated heterocycles. The minimum absolute atomic E-state index is 0.0383. The Bertz CT molecular complexity index is 599. The van der Waals surface area contributed by atoms with Crippen molar-refractivity contribution in [1.29, 1.82) is 0 Å². The molecular formula is C13H18Cl2N2O2S. The summed E-state index contributed by atoms with van der Waals surface area (Å²) in [5.74, 6) is 0. The van der Waals surface area contributed by atoms with Gasteiger partial charge in [-0.3, -0.25) is 0 Å². The molecule has 1 aliphatic rings. The van der Waals surface area contributed by atoms with Gasteiger partial charge in [0, 0.05) is 24.7 Å². The van der Waals surface area contributed by atoms with E-state index in [1.807, 2.05) is 0 Å². The molecule has 0 aliphatic heterocycles. The summed E-state index contributed by atoms with van der Waals surface area (Å²) in [7, 11) is -2.04. The van der Waals surface area contributed by atoms with Crippen LogP contribution in [0.2, 0.25) is 10.0 Å². The zero-order valence-corrected chi connectivity index (χ0v) is 13.6. The normalized spacial score (nSPS) is 17.1. The maximum atomic E-state index is 12.7. The van der Waals surface area contributed by atoms with E-state index in [0.29, 0.717) is 10.6 Å². The Balaban J connectivity index is 2.45. The summed E-state index contributed by atoms with van der Waals surface area (Å²) in [5.41, 5.74) is 6.12. The maximum absolute atomic E-state index is 12.7. The van der Waals surface area contributed by atoms with Gasteiger partial charge in [-0.05, 0) is 30.5 Å². The van der Waals surface area contributed by atoms with Crippen LogP contribution in [-0.2, 0) is 16.6 Å². The van der Waals surface area contributed by atoms with Gasteiger partial charge in [0.15, 0.2) is 0 Å². The highest BCUT2D eigenvalue weighted by atomic mass is 35.5. The van der Waals surface area contributed by atoms with E-state index in [9.17, 15) is 8.42 Å². The van der Waals surface area contributed by atoms with Crippen molar-refractivity contribution in [2.75, 3.05) is 7.05 Å². The van der Waals surface area contributed by atoms with Gasteiger partial charge in [0.05, 0.1) is 5.02 Å². The first-order chi connectivity index (χ1) is 9.37. The molecule has 7 heteroatoms. The molecular weight excluding hydrogens is 319 g/mol. The summed E-state index contributed by atoms with van der Waals surface area (Å²) in [4.78, 5) is 0.0431. The Kier molecular flexibility index (Phi) is 4.97. The van der Waals surface area contributed by atoms with Gasteiger partial charge in [-0.25, -0.2) is 8.42 Å². The van der Waals surface area contributed by atoms with Crippen molar-refractivity contribution in [2.24, 2.45) is 5.73 Å². The topological polar surface area (TPSA) is 63.4 Å². The number of nitrogens with zero attached hydrogens (tertiary/aromatic N) is 1. The third kappa shape index (κ3) is 2.97. The summed E-state index contributed by atoms with van der Waals surface area (Å²) < 4.78 is 26.8. The first-order valence-electron chi connectivity index (χ1n) is 6.54. The van der Waals surface area contributed by atoms with Gasteiger partial charge >= 0.3 is 0 Å². The Morgan fingerprint density at radius 1 is 1.30 bits per heavy atom. The lowest BCUT2D eigenvalue weighted by molar-refractivity contribution is 0.373. The van der Waals surface area contributed by atoms with E-state index in [2.05, 4.69) is 0 Å². The molecule has 1 aliphatic carbocycles. The Hall–Kier alpha value is -0.330. The first kappa shape index (κ1) is 16.0. The summed E-state index contributed by atoms with van der Waals surface area (Å²) in [6.45, 7) is 0.148. The van der Waals surface area contributed by atoms with Crippen LogP contribution >= 0.6 is 23.2 Å². The molecule has 0 bridgehead atoms. The second-order valence-corrected chi connectivity index (χ2v) is 7.82. The van der Waals surface area contributed by atoms with Crippen LogP contribution in [0.1, 0.15) is 31.2 Å². The van der Waals surface area contributed by atoms with Gasteiger partial charge in [-0.2, -0.15) is 4.31 Å². The minimum Gasteiger partial charge on any atom is -0.326 e. The van der Waals surface area contributed by atoms with Crippen LogP contribution in [0.4, 0.5) is 0 Å². The maximum Gasteiger partial charge on any atom is 0.244 e. The molecule has 2 rings (SSSR count). The molecule has 0 heterocycles. The predicted molar refractivity (Wildman–Crippen MR) is 81.6 cm³/mol. The fraction of sp³-hybridized carbons (Fsp3) is 0.538. The highest BCUT2D eigenvalue weighted by Gasteiger charge is 2.32. The third-order valence-corrected chi connectivity index (χ3v) is 6.51. The SMILES string of the molecule is CN(C1CCCC1)S(=O)(=O)c1cc(Cl)cc(CN)c1Cl. The summed E-state index contributed by atoms with van der Waals surface area (Å²) >= 11 is 12.1. The van der Waals surface area contributed by atoms with E-state index in [4.69, 9.17) is 28.9 Å². The summed E-state index contributed by atoms with van der Waals surface area (Å²) in [6, 6.07) is 3.03. The Morgan fingerprint density at radius 2 is 1.90 bits per heavy atom. The molecule has 1 aromatic carbocycles. The van der Waals surface area contributed by atoms with E-state index < -0.39 is 10.0 Å². The number of benzene rings is 1. The van der Waals surface area contributed by atoms with Gasteiger partial charge in [0.25, 0.3) is 0 Å². The predicted octanol–water partition coefficient (Wildman–Crippen LogP) is 3.02. The lowest BCUT2D eigenvalue weighted by Gasteiger charge is -2.24. The number of nitrogens with two attached hydrogens (primary N) is 1. The molecule has 0 radical (unpaired) electrons. The Morgan fingerprint density at radius 3 is 2.45 bits per heavy atom. The highest BCUT2D eigenvalue weighted by Crippen LogP contribution is 2.33. The van der Waals surface area contributed by atoms with E-state index in [1.165, 1.54) is 10.4 Å². The standard InChI is InChI=1S/C13H18Cl2N2O2S/c1-17(11-4-2-3-5-11)20(18,19)12-7-10(14)6-9(8-16)13(12)15/h6-7,11H,2-5,8,16H2,1H3. The lowest BCUT2D eigenvalue weighted by atomic mass is 10.2. The van der Waals surface area contributed by atoms with Crippen LogP contribution in [0.3, 0.4) is 0 Å². The van der Waals surface area contributed by atoms with Crippen LogP contribution in [0.5, 0.6) is 0 Å². The fourth-order valence-electron chi connectivity index (χ4n) is 2.57. The van der Waals surface area contributed by atoms with Crippen LogP contribution < -0.4 is 5.73 Å². The second kappa shape index (κ2) is 6.20. The van der Waals surface area contributed by atoms with E-state index in [0.717, 1.165) is 25.7 Å². The number of rotatable bonds is 4. The van der Waals surface area contributed by atoms with Crippen molar-refractivity contribution in [2.45, 2.75) is 43.2 Å². The number of sulfonamides is 1. The van der Waals surface area contributed by atoms with Gasteiger partial charge < -0.3 is 5.73 Å². The van der Waals surface area contributed by atoms with Crippen molar-refractivity contribution in [1.82, 2.24) is 4.31 Å². The number of halogens is 2. The highest BCUT2D eigenvalue weighted by molar-refractivity contribution is 7.89. The molecule has 0 spiro atoms. The zero-order valence-electron chi connectivity index (χ0n) is 11.3. The van der Waals surface area contributed by atoms with Gasteiger partial charge in [-0.15, -0.1) is 0 Å². The number of hydrogen-bond acceptors (Lipinski definition) is 3. The molecule has 1 fully saturated rings. The van der Waals surface area contributed by atoms with Crippen molar-refractivity contribution in [3.8, 4) is 0 Å². The van der Waals surface area contributed by atoms with Crippen molar-refractivity contribution >= 4 is 33.2 Å². The van der Waals surface area contributed by atoms with Gasteiger partial charge in [-0.1, -0.05) is 36.0 Å².